The Bertz CT molecular complexity index is 475. The summed E-state index contributed by atoms with van der Waals surface area (Å²) >= 11 is 0. The lowest BCUT2D eigenvalue weighted by Gasteiger charge is -2.30. The van der Waals surface area contributed by atoms with Crippen LogP contribution in [0.2, 0.25) is 0 Å². The van der Waals surface area contributed by atoms with Crippen LogP contribution in [-0.2, 0) is 9.47 Å². The average Bonchev–Trinajstić information content (AvgIpc) is 2.60. The molecule has 116 valence electrons. The smallest absolute Gasteiger partial charge is 0.180 e. The molecular formula is C17H25NO3. The van der Waals surface area contributed by atoms with Crippen molar-refractivity contribution in [2.75, 3.05) is 11.9 Å². The SMILES string of the molecule is CCOc1ccc(N/C=C/C2OC(C)(C)C(C)(C)O2)cc1. The third-order valence-corrected chi connectivity index (χ3v) is 3.94. The summed E-state index contributed by atoms with van der Waals surface area (Å²) in [4.78, 5) is 0. The van der Waals surface area contributed by atoms with E-state index in [0.29, 0.717) is 6.61 Å². The van der Waals surface area contributed by atoms with Crippen LogP contribution in [0.5, 0.6) is 5.75 Å². The highest BCUT2D eigenvalue weighted by Gasteiger charge is 2.48. The van der Waals surface area contributed by atoms with E-state index in [9.17, 15) is 0 Å². The monoisotopic (exact) mass is 291 g/mol. The Morgan fingerprint density at radius 1 is 1.10 bits per heavy atom. The van der Waals surface area contributed by atoms with Crippen LogP contribution in [-0.4, -0.2) is 24.1 Å². The van der Waals surface area contributed by atoms with Crippen molar-refractivity contribution in [3.63, 3.8) is 0 Å². The Morgan fingerprint density at radius 2 is 1.67 bits per heavy atom. The van der Waals surface area contributed by atoms with Crippen LogP contribution < -0.4 is 10.1 Å². The van der Waals surface area contributed by atoms with E-state index >= 15 is 0 Å². The molecule has 1 heterocycles. The van der Waals surface area contributed by atoms with Crippen molar-refractivity contribution in [1.29, 1.82) is 0 Å². The molecule has 4 heteroatoms. The second kappa shape index (κ2) is 6.08. The number of anilines is 1. The quantitative estimate of drug-likeness (QED) is 0.892. The van der Waals surface area contributed by atoms with Crippen LogP contribution in [0.1, 0.15) is 34.6 Å². The van der Waals surface area contributed by atoms with Gasteiger partial charge < -0.3 is 19.5 Å². The topological polar surface area (TPSA) is 39.7 Å². The van der Waals surface area contributed by atoms with E-state index in [1.54, 1.807) is 0 Å². The largest absolute Gasteiger partial charge is 0.494 e. The fourth-order valence-corrected chi connectivity index (χ4v) is 2.00. The predicted molar refractivity (Wildman–Crippen MR) is 84.5 cm³/mol. The molecule has 0 unspecified atom stereocenters. The van der Waals surface area contributed by atoms with Crippen molar-refractivity contribution in [3.8, 4) is 5.75 Å². The summed E-state index contributed by atoms with van der Waals surface area (Å²) in [6, 6.07) is 7.82. The molecule has 1 fully saturated rings. The molecule has 0 bridgehead atoms. The second-order valence-corrected chi connectivity index (χ2v) is 6.09. The van der Waals surface area contributed by atoms with Crippen molar-refractivity contribution < 1.29 is 14.2 Å². The van der Waals surface area contributed by atoms with Gasteiger partial charge in [0.2, 0.25) is 0 Å². The highest BCUT2D eigenvalue weighted by molar-refractivity contribution is 5.48. The molecule has 1 aromatic rings. The first kappa shape index (κ1) is 15.9. The zero-order chi connectivity index (χ0) is 15.5. The zero-order valence-electron chi connectivity index (χ0n) is 13.5. The molecule has 0 aliphatic carbocycles. The summed E-state index contributed by atoms with van der Waals surface area (Å²) in [5.74, 6) is 0.873. The lowest BCUT2D eigenvalue weighted by atomic mass is 9.90. The molecule has 0 atom stereocenters. The van der Waals surface area contributed by atoms with Crippen LogP contribution in [0.15, 0.2) is 36.5 Å². The Kier molecular flexibility index (Phi) is 4.59. The molecule has 0 spiro atoms. The summed E-state index contributed by atoms with van der Waals surface area (Å²) in [6.45, 7) is 10.8. The van der Waals surface area contributed by atoms with Gasteiger partial charge in [-0.3, -0.25) is 0 Å². The molecule has 1 N–H and O–H groups in total. The molecule has 1 aliphatic rings. The van der Waals surface area contributed by atoms with Gasteiger partial charge in [0.05, 0.1) is 17.8 Å². The van der Waals surface area contributed by atoms with Gasteiger partial charge in [-0.25, -0.2) is 0 Å². The maximum atomic E-state index is 5.88. The average molecular weight is 291 g/mol. The van der Waals surface area contributed by atoms with E-state index in [-0.39, 0.29) is 17.5 Å². The van der Waals surface area contributed by atoms with Gasteiger partial charge in [0.1, 0.15) is 5.75 Å². The molecule has 21 heavy (non-hydrogen) atoms. The third kappa shape index (κ3) is 3.77. The van der Waals surface area contributed by atoms with E-state index in [1.165, 1.54) is 0 Å². The fraction of sp³-hybridized carbons (Fsp3) is 0.529. The van der Waals surface area contributed by atoms with Gasteiger partial charge in [-0.05, 0) is 65.0 Å². The molecule has 1 saturated heterocycles. The Hall–Kier alpha value is -1.52. The number of hydrogen-bond donors (Lipinski definition) is 1. The molecule has 4 nitrogen and oxygen atoms in total. The van der Waals surface area contributed by atoms with Crippen molar-refractivity contribution in [2.45, 2.75) is 52.1 Å². The lowest BCUT2D eigenvalue weighted by Crippen LogP contribution is -2.41. The van der Waals surface area contributed by atoms with E-state index in [0.717, 1.165) is 11.4 Å². The van der Waals surface area contributed by atoms with Gasteiger partial charge in [0.25, 0.3) is 0 Å². The molecule has 0 radical (unpaired) electrons. The van der Waals surface area contributed by atoms with Crippen LogP contribution in [0.3, 0.4) is 0 Å². The van der Waals surface area contributed by atoms with Crippen molar-refractivity contribution >= 4 is 5.69 Å². The molecular weight excluding hydrogens is 266 g/mol. The Morgan fingerprint density at radius 3 is 2.19 bits per heavy atom. The van der Waals surface area contributed by atoms with Gasteiger partial charge >= 0.3 is 0 Å². The number of rotatable bonds is 5. The van der Waals surface area contributed by atoms with Crippen molar-refractivity contribution in [2.24, 2.45) is 0 Å². The minimum atomic E-state index is -0.329. The molecule has 2 rings (SSSR count). The summed E-state index contributed by atoms with van der Waals surface area (Å²) in [5.41, 5.74) is 0.383. The van der Waals surface area contributed by atoms with Gasteiger partial charge in [-0.15, -0.1) is 0 Å². The molecule has 0 saturated carbocycles. The fourth-order valence-electron chi connectivity index (χ4n) is 2.00. The predicted octanol–water partition coefficient (Wildman–Crippen LogP) is 3.94. The first-order valence-electron chi connectivity index (χ1n) is 7.36. The molecule has 1 aromatic carbocycles. The standard InChI is InChI=1S/C17H25NO3/c1-6-19-14-9-7-13(8-10-14)18-12-11-15-20-16(2,3)17(4,5)21-15/h7-12,15,18H,6H2,1-5H3/b12-11+. The third-order valence-electron chi connectivity index (χ3n) is 3.94. The Labute approximate surface area is 127 Å². The van der Waals surface area contributed by atoms with Gasteiger partial charge in [0, 0.05) is 11.9 Å². The van der Waals surface area contributed by atoms with E-state index in [4.69, 9.17) is 14.2 Å². The molecule has 1 aliphatic heterocycles. The highest BCUT2D eigenvalue weighted by atomic mass is 16.7. The minimum absolute atomic E-state index is 0.304. The summed E-state index contributed by atoms with van der Waals surface area (Å²) < 4.78 is 17.2. The second-order valence-electron chi connectivity index (χ2n) is 6.09. The van der Waals surface area contributed by atoms with Gasteiger partial charge in [-0.2, -0.15) is 0 Å². The van der Waals surface area contributed by atoms with Gasteiger partial charge in [0.15, 0.2) is 6.29 Å². The number of benzene rings is 1. The number of ether oxygens (including phenoxy) is 3. The summed E-state index contributed by atoms with van der Waals surface area (Å²) in [6.07, 6.45) is 3.40. The van der Waals surface area contributed by atoms with Crippen LogP contribution >= 0.6 is 0 Å². The first-order chi connectivity index (χ1) is 9.84. The Balaban J connectivity index is 1.89. The molecule has 0 amide bonds. The van der Waals surface area contributed by atoms with Crippen molar-refractivity contribution in [3.05, 3.63) is 36.5 Å². The van der Waals surface area contributed by atoms with E-state index < -0.39 is 0 Å². The number of hydrogen-bond acceptors (Lipinski definition) is 4. The summed E-state index contributed by atoms with van der Waals surface area (Å²) in [5, 5.41) is 3.20. The maximum Gasteiger partial charge on any atom is 0.180 e. The van der Waals surface area contributed by atoms with Crippen LogP contribution in [0, 0.1) is 0 Å². The summed E-state index contributed by atoms with van der Waals surface area (Å²) in [7, 11) is 0. The lowest BCUT2D eigenvalue weighted by molar-refractivity contribution is -0.0505. The minimum Gasteiger partial charge on any atom is -0.494 e. The zero-order valence-corrected chi connectivity index (χ0v) is 13.5. The first-order valence-corrected chi connectivity index (χ1v) is 7.36. The van der Waals surface area contributed by atoms with Gasteiger partial charge in [-0.1, -0.05) is 0 Å². The maximum absolute atomic E-state index is 5.88. The van der Waals surface area contributed by atoms with Crippen LogP contribution in [0.4, 0.5) is 5.69 Å². The highest BCUT2D eigenvalue weighted by Crippen LogP contribution is 2.38. The molecule has 0 aromatic heterocycles. The van der Waals surface area contributed by atoms with Crippen molar-refractivity contribution in [1.82, 2.24) is 0 Å². The van der Waals surface area contributed by atoms with Crippen LogP contribution in [0.25, 0.3) is 0 Å². The van der Waals surface area contributed by atoms with E-state index in [2.05, 4.69) is 5.32 Å². The van der Waals surface area contributed by atoms with E-state index in [1.807, 2.05) is 71.2 Å². The normalized spacial score (nSPS) is 20.8. The number of nitrogens with one attached hydrogen (secondary N) is 1.